The van der Waals surface area contributed by atoms with Crippen LogP contribution in [0.2, 0.25) is 0 Å². The first-order chi connectivity index (χ1) is 13.9. The van der Waals surface area contributed by atoms with Gasteiger partial charge in [-0.05, 0) is 43.2 Å². The number of amides is 2. The number of aryl methyl sites for hydroxylation is 1. The van der Waals surface area contributed by atoms with Crippen LogP contribution in [0.5, 0.6) is 0 Å². The van der Waals surface area contributed by atoms with E-state index in [9.17, 15) is 14.4 Å². The lowest BCUT2D eigenvalue weighted by atomic mass is 10.1. The molecule has 0 fully saturated rings. The van der Waals surface area contributed by atoms with Crippen LogP contribution in [-0.4, -0.2) is 24.9 Å². The van der Waals surface area contributed by atoms with Gasteiger partial charge in [0.25, 0.3) is 11.8 Å². The summed E-state index contributed by atoms with van der Waals surface area (Å²) in [6.07, 6.45) is 0. The molecule has 1 heterocycles. The molecule has 3 rings (SSSR count). The smallest absolute Gasteiger partial charge is 0.341 e. The summed E-state index contributed by atoms with van der Waals surface area (Å²) in [4.78, 5) is 38.1. The fourth-order valence-corrected chi connectivity index (χ4v) is 3.96. The number of ether oxygens (including phenoxy) is 1. The lowest BCUT2D eigenvalue weighted by molar-refractivity contribution is 0.0601. The number of carbonyl (C=O) groups excluding carboxylic acids is 3. The van der Waals surface area contributed by atoms with Crippen LogP contribution in [0, 0.1) is 13.8 Å². The number of hydrogen-bond acceptors (Lipinski definition) is 5. The number of hydrogen-bond donors (Lipinski definition) is 2. The van der Waals surface area contributed by atoms with Gasteiger partial charge in [0.1, 0.15) is 5.00 Å². The lowest BCUT2D eigenvalue weighted by Crippen LogP contribution is -2.15. The van der Waals surface area contributed by atoms with Gasteiger partial charge in [-0.25, -0.2) is 4.79 Å². The molecule has 0 unspecified atom stereocenters. The van der Waals surface area contributed by atoms with Crippen LogP contribution in [0.1, 0.15) is 41.5 Å². The minimum absolute atomic E-state index is 0.178. The molecule has 0 aliphatic carbocycles. The molecule has 7 heteroatoms. The molecule has 2 aromatic carbocycles. The topological polar surface area (TPSA) is 84.5 Å². The van der Waals surface area contributed by atoms with Crippen LogP contribution >= 0.6 is 11.3 Å². The number of benzene rings is 2. The lowest BCUT2D eigenvalue weighted by Gasteiger charge is -2.08. The third kappa shape index (κ3) is 4.35. The second-order valence-corrected chi connectivity index (χ2v) is 7.36. The molecule has 0 radical (unpaired) electrons. The van der Waals surface area contributed by atoms with E-state index in [0.29, 0.717) is 21.7 Å². The number of nitrogens with one attached hydrogen (secondary N) is 2. The van der Waals surface area contributed by atoms with E-state index in [0.717, 1.165) is 16.9 Å². The van der Waals surface area contributed by atoms with E-state index in [1.807, 2.05) is 37.3 Å². The number of carbonyl (C=O) groups is 3. The van der Waals surface area contributed by atoms with Crippen LogP contribution in [0.15, 0.2) is 54.6 Å². The van der Waals surface area contributed by atoms with Crippen molar-refractivity contribution in [2.24, 2.45) is 0 Å². The summed E-state index contributed by atoms with van der Waals surface area (Å²) in [6.45, 7) is 3.49. The zero-order valence-electron chi connectivity index (χ0n) is 16.2. The Labute approximate surface area is 172 Å². The molecule has 0 aliphatic rings. The summed E-state index contributed by atoms with van der Waals surface area (Å²) >= 11 is 1.04. The maximum atomic E-state index is 12.8. The summed E-state index contributed by atoms with van der Waals surface area (Å²) in [5.41, 5.74) is 2.56. The summed E-state index contributed by atoms with van der Waals surface area (Å²) in [7, 11) is 1.26. The molecule has 1 aromatic heterocycles. The maximum Gasteiger partial charge on any atom is 0.341 e. The summed E-state index contributed by atoms with van der Waals surface area (Å²) in [5.74, 6) is -1.33. The van der Waals surface area contributed by atoms with Gasteiger partial charge in [0.05, 0.1) is 17.6 Å². The van der Waals surface area contributed by atoms with Crippen molar-refractivity contribution in [3.05, 3.63) is 81.7 Å². The van der Waals surface area contributed by atoms with E-state index in [2.05, 4.69) is 10.6 Å². The van der Waals surface area contributed by atoms with E-state index in [4.69, 9.17) is 4.74 Å². The van der Waals surface area contributed by atoms with Crippen molar-refractivity contribution in [3.8, 4) is 0 Å². The Bertz CT molecular complexity index is 1070. The fourth-order valence-electron chi connectivity index (χ4n) is 2.87. The first kappa shape index (κ1) is 20.3. The average Bonchev–Trinajstić information content (AvgIpc) is 3.04. The largest absolute Gasteiger partial charge is 0.465 e. The summed E-state index contributed by atoms with van der Waals surface area (Å²) < 4.78 is 4.86. The Morgan fingerprint density at radius 3 is 2.17 bits per heavy atom. The molecule has 148 valence electrons. The Kier molecular flexibility index (Phi) is 6.09. The third-order valence-corrected chi connectivity index (χ3v) is 5.60. The van der Waals surface area contributed by atoms with E-state index < -0.39 is 5.97 Å². The minimum Gasteiger partial charge on any atom is -0.465 e. The zero-order valence-corrected chi connectivity index (χ0v) is 17.1. The molecule has 0 saturated heterocycles. The van der Waals surface area contributed by atoms with Gasteiger partial charge in [0.2, 0.25) is 0 Å². The van der Waals surface area contributed by atoms with Crippen molar-refractivity contribution >= 4 is 39.8 Å². The van der Waals surface area contributed by atoms with E-state index in [1.165, 1.54) is 7.11 Å². The van der Waals surface area contributed by atoms with Crippen LogP contribution in [-0.2, 0) is 4.74 Å². The van der Waals surface area contributed by atoms with Gasteiger partial charge in [-0.3, -0.25) is 9.59 Å². The molecule has 0 bridgehead atoms. The minimum atomic E-state index is -0.613. The summed E-state index contributed by atoms with van der Waals surface area (Å²) in [6, 6.07) is 16.1. The number of para-hydroxylation sites is 1. The molecule has 0 spiro atoms. The van der Waals surface area contributed by atoms with E-state index >= 15 is 0 Å². The highest BCUT2D eigenvalue weighted by molar-refractivity contribution is 7.19. The second-order valence-electron chi connectivity index (χ2n) is 6.34. The van der Waals surface area contributed by atoms with Crippen LogP contribution in [0.25, 0.3) is 0 Å². The third-order valence-electron chi connectivity index (χ3n) is 4.39. The van der Waals surface area contributed by atoms with E-state index in [1.54, 1.807) is 31.2 Å². The van der Waals surface area contributed by atoms with Crippen molar-refractivity contribution in [2.75, 3.05) is 17.7 Å². The summed E-state index contributed by atoms with van der Waals surface area (Å²) in [5, 5.41) is 5.84. The van der Waals surface area contributed by atoms with Crippen LogP contribution in [0.3, 0.4) is 0 Å². The monoisotopic (exact) mass is 408 g/mol. The number of thiophene rings is 1. The van der Waals surface area contributed by atoms with Crippen molar-refractivity contribution in [1.29, 1.82) is 0 Å². The van der Waals surface area contributed by atoms with Gasteiger partial charge >= 0.3 is 5.97 Å². The SMILES string of the molecule is COC(=O)c1c(NC(=O)c2ccccc2C)sc(C(=O)Nc2ccccc2)c1C. The van der Waals surface area contributed by atoms with Crippen molar-refractivity contribution in [3.63, 3.8) is 0 Å². The molecule has 3 aromatic rings. The van der Waals surface area contributed by atoms with Crippen molar-refractivity contribution in [2.45, 2.75) is 13.8 Å². The van der Waals surface area contributed by atoms with Crippen LogP contribution < -0.4 is 10.6 Å². The number of methoxy groups -OCH3 is 1. The molecular formula is C22H20N2O4S. The molecule has 2 N–H and O–H groups in total. The van der Waals surface area contributed by atoms with Gasteiger partial charge in [0, 0.05) is 11.3 Å². The highest BCUT2D eigenvalue weighted by Crippen LogP contribution is 2.34. The number of anilines is 2. The maximum absolute atomic E-state index is 12.8. The number of esters is 1. The second kappa shape index (κ2) is 8.70. The normalized spacial score (nSPS) is 10.3. The Morgan fingerprint density at radius 2 is 1.52 bits per heavy atom. The van der Waals surface area contributed by atoms with Gasteiger partial charge in [-0.2, -0.15) is 0 Å². The Balaban J connectivity index is 1.95. The molecule has 2 amide bonds. The first-order valence-electron chi connectivity index (χ1n) is 8.87. The van der Waals surface area contributed by atoms with Gasteiger partial charge < -0.3 is 15.4 Å². The van der Waals surface area contributed by atoms with Gasteiger partial charge in [0.15, 0.2) is 0 Å². The Morgan fingerprint density at radius 1 is 0.862 bits per heavy atom. The molecule has 29 heavy (non-hydrogen) atoms. The molecule has 0 atom stereocenters. The fraction of sp³-hybridized carbons (Fsp3) is 0.136. The average molecular weight is 408 g/mol. The highest BCUT2D eigenvalue weighted by atomic mass is 32.1. The highest BCUT2D eigenvalue weighted by Gasteiger charge is 2.26. The quantitative estimate of drug-likeness (QED) is 0.602. The van der Waals surface area contributed by atoms with Crippen molar-refractivity contribution in [1.82, 2.24) is 0 Å². The van der Waals surface area contributed by atoms with Gasteiger partial charge in [-0.15, -0.1) is 11.3 Å². The molecule has 0 aliphatic heterocycles. The molecule has 6 nitrogen and oxygen atoms in total. The first-order valence-corrected chi connectivity index (χ1v) is 9.69. The zero-order chi connectivity index (χ0) is 21.0. The van der Waals surface area contributed by atoms with E-state index in [-0.39, 0.29) is 22.4 Å². The predicted octanol–water partition coefficient (Wildman–Crippen LogP) is 4.66. The Hall–Kier alpha value is -3.45. The van der Waals surface area contributed by atoms with Crippen LogP contribution in [0.4, 0.5) is 10.7 Å². The molecular weight excluding hydrogens is 388 g/mol. The van der Waals surface area contributed by atoms with Gasteiger partial charge in [-0.1, -0.05) is 36.4 Å². The number of rotatable bonds is 5. The predicted molar refractivity (Wildman–Crippen MR) is 114 cm³/mol. The molecule has 0 saturated carbocycles. The standard InChI is InChI=1S/C22H20N2O4S/c1-13-9-7-8-12-16(13)19(25)24-21-17(22(27)28-3)14(2)18(29-21)20(26)23-15-10-5-4-6-11-15/h4-12H,1-3H3,(H,23,26)(H,24,25). The van der Waals surface area contributed by atoms with Crippen molar-refractivity contribution < 1.29 is 19.1 Å².